The topological polar surface area (TPSA) is 72.2 Å². The maximum absolute atomic E-state index is 13.8. The van der Waals surface area contributed by atoms with Gasteiger partial charge in [-0.15, -0.1) is 0 Å². The number of hydrogen-bond acceptors (Lipinski definition) is 3. The van der Waals surface area contributed by atoms with Crippen molar-refractivity contribution in [2.24, 2.45) is 0 Å². The van der Waals surface area contributed by atoms with E-state index in [-0.39, 0.29) is 15.7 Å². The quantitative estimate of drug-likeness (QED) is 0.864. The van der Waals surface area contributed by atoms with E-state index in [1.807, 2.05) is 0 Å². The van der Waals surface area contributed by atoms with Gasteiger partial charge in [-0.3, -0.25) is 4.79 Å². The van der Waals surface area contributed by atoms with Crippen LogP contribution in [0.25, 0.3) is 0 Å². The fourth-order valence-electron chi connectivity index (χ4n) is 1.54. The SMILES string of the molecule is O=C(O)c1ccc(=O)n(Cc2c(F)ccc(Br)c2F)n1. The number of nitrogens with zero attached hydrogens (tertiary/aromatic N) is 2. The highest BCUT2D eigenvalue weighted by atomic mass is 79.9. The molecule has 1 aromatic carbocycles. The van der Waals surface area contributed by atoms with Crippen molar-refractivity contribution in [2.75, 3.05) is 0 Å². The number of aromatic carboxylic acids is 1. The summed E-state index contributed by atoms with van der Waals surface area (Å²) >= 11 is 2.91. The van der Waals surface area contributed by atoms with Crippen LogP contribution in [0, 0.1) is 11.6 Å². The Kier molecular flexibility index (Phi) is 3.93. The number of carboxylic acids is 1. The summed E-state index contributed by atoms with van der Waals surface area (Å²) in [6.45, 7) is -0.503. The third-order valence-electron chi connectivity index (χ3n) is 2.53. The summed E-state index contributed by atoms with van der Waals surface area (Å²) < 4.78 is 28.1. The van der Waals surface area contributed by atoms with E-state index in [9.17, 15) is 18.4 Å². The molecule has 0 bridgehead atoms. The summed E-state index contributed by atoms with van der Waals surface area (Å²) in [5.41, 5.74) is -1.43. The molecule has 0 saturated heterocycles. The molecule has 0 radical (unpaired) electrons. The van der Waals surface area contributed by atoms with Gasteiger partial charge in [-0.1, -0.05) is 0 Å². The molecule has 2 rings (SSSR count). The van der Waals surface area contributed by atoms with Gasteiger partial charge in [0.25, 0.3) is 5.56 Å². The third-order valence-corrected chi connectivity index (χ3v) is 3.14. The lowest BCUT2D eigenvalue weighted by molar-refractivity contribution is 0.0687. The van der Waals surface area contributed by atoms with Gasteiger partial charge in [0.05, 0.1) is 11.0 Å². The van der Waals surface area contributed by atoms with E-state index < -0.39 is 29.7 Å². The molecule has 0 aliphatic carbocycles. The zero-order valence-corrected chi connectivity index (χ0v) is 11.4. The van der Waals surface area contributed by atoms with Crippen molar-refractivity contribution >= 4 is 21.9 Å². The predicted molar refractivity (Wildman–Crippen MR) is 68.6 cm³/mol. The van der Waals surface area contributed by atoms with Gasteiger partial charge >= 0.3 is 5.97 Å². The first kappa shape index (κ1) is 14.3. The summed E-state index contributed by atoms with van der Waals surface area (Å²) in [6.07, 6.45) is 0. The van der Waals surface area contributed by atoms with Crippen LogP contribution in [0.1, 0.15) is 16.1 Å². The van der Waals surface area contributed by atoms with E-state index in [1.54, 1.807) is 0 Å². The Labute approximate surface area is 119 Å². The molecule has 0 saturated carbocycles. The van der Waals surface area contributed by atoms with Crippen molar-refractivity contribution in [1.82, 2.24) is 9.78 Å². The van der Waals surface area contributed by atoms with Crippen LogP contribution in [0.15, 0.2) is 33.5 Å². The van der Waals surface area contributed by atoms with Crippen molar-refractivity contribution in [3.05, 3.63) is 62.0 Å². The Hall–Kier alpha value is -2.09. The van der Waals surface area contributed by atoms with Crippen molar-refractivity contribution in [2.45, 2.75) is 6.54 Å². The van der Waals surface area contributed by atoms with Crippen LogP contribution in [0.4, 0.5) is 8.78 Å². The number of carboxylic acid groups (broad SMARTS) is 1. The van der Waals surface area contributed by atoms with Crippen LogP contribution in [0.2, 0.25) is 0 Å². The van der Waals surface area contributed by atoms with Crippen molar-refractivity contribution in [3.63, 3.8) is 0 Å². The highest BCUT2D eigenvalue weighted by Crippen LogP contribution is 2.21. The molecule has 0 atom stereocenters. The zero-order valence-electron chi connectivity index (χ0n) is 9.81. The summed E-state index contributed by atoms with van der Waals surface area (Å²) in [5.74, 6) is -3.05. The second-order valence-corrected chi connectivity index (χ2v) is 4.70. The Morgan fingerprint density at radius 2 is 2.00 bits per heavy atom. The van der Waals surface area contributed by atoms with Crippen LogP contribution in [0.3, 0.4) is 0 Å². The molecule has 1 aromatic heterocycles. The van der Waals surface area contributed by atoms with E-state index in [4.69, 9.17) is 5.11 Å². The summed E-state index contributed by atoms with van der Waals surface area (Å²) in [4.78, 5) is 22.3. The zero-order chi connectivity index (χ0) is 14.9. The van der Waals surface area contributed by atoms with Crippen LogP contribution in [0.5, 0.6) is 0 Å². The van der Waals surface area contributed by atoms with Crippen molar-refractivity contribution in [1.29, 1.82) is 0 Å². The normalized spacial score (nSPS) is 10.6. The van der Waals surface area contributed by atoms with Crippen LogP contribution < -0.4 is 5.56 Å². The largest absolute Gasteiger partial charge is 0.476 e. The molecule has 0 aliphatic rings. The van der Waals surface area contributed by atoms with Gasteiger partial charge in [-0.25, -0.2) is 18.3 Å². The smallest absolute Gasteiger partial charge is 0.356 e. The standard InChI is InChI=1S/C12H7BrF2N2O3/c13-7-1-2-8(14)6(11(7)15)5-17-10(18)4-3-9(16-17)12(19)20/h1-4H,5H2,(H,19,20). The average Bonchev–Trinajstić information content (AvgIpc) is 2.41. The molecule has 0 fully saturated rings. The molecule has 20 heavy (non-hydrogen) atoms. The first-order valence-electron chi connectivity index (χ1n) is 5.34. The molecular weight excluding hydrogens is 338 g/mol. The number of hydrogen-bond donors (Lipinski definition) is 1. The first-order chi connectivity index (χ1) is 9.40. The monoisotopic (exact) mass is 344 g/mol. The molecule has 104 valence electrons. The first-order valence-corrected chi connectivity index (χ1v) is 6.13. The number of benzene rings is 1. The van der Waals surface area contributed by atoms with Gasteiger partial charge in [0, 0.05) is 11.6 Å². The number of rotatable bonds is 3. The molecule has 2 aromatic rings. The molecule has 0 spiro atoms. The maximum atomic E-state index is 13.8. The Morgan fingerprint density at radius 3 is 2.65 bits per heavy atom. The van der Waals surface area contributed by atoms with Crippen LogP contribution in [-0.2, 0) is 6.54 Å². The van der Waals surface area contributed by atoms with Gasteiger partial charge in [0.15, 0.2) is 5.69 Å². The van der Waals surface area contributed by atoms with Crippen LogP contribution >= 0.6 is 15.9 Å². The second-order valence-electron chi connectivity index (χ2n) is 3.84. The van der Waals surface area contributed by atoms with E-state index in [0.717, 1.165) is 18.2 Å². The minimum absolute atomic E-state index is 0.0383. The van der Waals surface area contributed by atoms with Gasteiger partial charge in [0.1, 0.15) is 11.6 Å². The lowest BCUT2D eigenvalue weighted by Gasteiger charge is -2.08. The van der Waals surface area contributed by atoms with Crippen molar-refractivity contribution < 1.29 is 18.7 Å². The molecule has 0 aliphatic heterocycles. The van der Waals surface area contributed by atoms with Gasteiger partial charge in [-0.05, 0) is 34.1 Å². The summed E-state index contributed by atoms with van der Waals surface area (Å²) in [6, 6.07) is 4.23. The van der Waals surface area contributed by atoms with E-state index in [0.29, 0.717) is 4.68 Å². The predicted octanol–water partition coefficient (Wildman–Crippen LogP) is 2.03. The van der Waals surface area contributed by atoms with Gasteiger partial charge in [0.2, 0.25) is 0 Å². The van der Waals surface area contributed by atoms with E-state index in [2.05, 4.69) is 21.0 Å². The third kappa shape index (κ3) is 2.74. The number of halogens is 3. The van der Waals surface area contributed by atoms with Gasteiger partial charge in [-0.2, -0.15) is 5.10 Å². The lowest BCUT2D eigenvalue weighted by Crippen LogP contribution is -2.25. The minimum Gasteiger partial charge on any atom is -0.476 e. The Morgan fingerprint density at radius 1 is 1.30 bits per heavy atom. The highest BCUT2D eigenvalue weighted by molar-refractivity contribution is 9.10. The van der Waals surface area contributed by atoms with E-state index >= 15 is 0 Å². The molecule has 1 N–H and O–H groups in total. The summed E-state index contributed by atoms with van der Waals surface area (Å²) in [5, 5.41) is 12.3. The Bertz CT molecular complexity index is 746. The molecular formula is C12H7BrF2N2O3. The maximum Gasteiger partial charge on any atom is 0.356 e. The fraction of sp³-hybridized carbons (Fsp3) is 0.0833. The van der Waals surface area contributed by atoms with Crippen molar-refractivity contribution in [3.8, 4) is 0 Å². The van der Waals surface area contributed by atoms with Gasteiger partial charge < -0.3 is 5.11 Å². The van der Waals surface area contributed by atoms with Crippen LogP contribution in [-0.4, -0.2) is 20.9 Å². The Balaban J connectivity index is 2.50. The number of carbonyl (C=O) groups is 1. The highest BCUT2D eigenvalue weighted by Gasteiger charge is 2.15. The minimum atomic E-state index is -1.34. The molecule has 0 amide bonds. The lowest BCUT2D eigenvalue weighted by atomic mass is 10.2. The average molecular weight is 345 g/mol. The number of aromatic nitrogens is 2. The summed E-state index contributed by atoms with van der Waals surface area (Å²) in [7, 11) is 0. The fourth-order valence-corrected chi connectivity index (χ4v) is 1.91. The van der Waals surface area contributed by atoms with E-state index in [1.165, 1.54) is 6.07 Å². The molecule has 8 heteroatoms. The second kappa shape index (κ2) is 5.49. The molecule has 1 heterocycles. The molecule has 5 nitrogen and oxygen atoms in total. The molecule has 0 unspecified atom stereocenters.